The number of hydrogen-bond donors (Lipinski definition) is 0. The van der Waals surface area contributed by atoms with Gasteiger partial charge in [-0.15, -0.1) is 0 Å². The van der Waals surface area contributed by atoms with Gasteiger partial charge in [-0.05, 0) is 23.8 Å². The maximum Gasteiger partial charge on any atom is 0.416 e. The van der Waals surface area contributed by atoms with Crippen LogP contribution < -0.4 is 0 Å². The summed E-state index contributed by atoms with van der Waals surface area (Å²) in [5.41, 5.74) is -0.277. The summed E-state index contributed by atoms with van der Waals surface area (Å²) in [5.74, 6) is 1.23. The highest BCUT2D eigenvalue weighted by Crippen LogP contribution is 2.29. The Kier molecular flexibility index (Phi) is 5.72. The molecule has 0 saturated heterocycles. The lowest BCUT2D eigenvalue weighted by Crippen LogP contribution is -2.09. The molecule has 0 spiro atoms. The molecule has 0 aliphatic rings. The van der Waals surface area contributed by atoms with E-state index in [2.05, 4.69) is 0 Å². The number of halogens is 3. The summed E-state index contributed by atoms with van der Waals surface area (Å²) < 4.78 is 37.4. The number of rotatable bonds is 6. The van der Waals surface area contributed by atoms with Gasteiger partial charge in [-0.25, -0.2) is 0 Å². The summed E-state index contributed by atoms with van der Waals surface area (Å²) in [4.78, 5) is 11.5. The molecule has 0 aliphatic heterocycles. The molecule has 0 aromatic heterocycles. The number of hydrogen-bond acceptors (Lipinski definition) is 2. The molecule has 1 aromatic rings. The van der Waals surface area contributed by atoms with Gasteiger partial charge in [-0.3, -0.25) is 4.79 Å². The molecule has 18 heavy (non-hydrogen) atoms. The molecule has 0 N–H and O–H groups in total. The second-order valence-corrected chi connectivity index (χ2v) is 5.07. The van der Waals surface area contributed by atoms with E-state index in [0.717, 1.165) is 24.3 Å². The van der Waals surface area contributed by atoms with Crippen molar-refractivity contribution in [2.45, 2.75) is 25.9 Å². The maximum absolute atomic E-state index is 12.5. The van der Waals surface area contributed by atoms with Crippen molar-refractivity contribution in [3.05, 3.63) is 35.4 Å². The largest absolute Gasteiger partial charge is 0.416 e. The van der Waals surface area contributed by atoms with Crippen molar-refractivity contribution in [2.75, 3.05) is 11.5 Å². The van der Waals surface area contributed by atoms with E-state index < -0.39 is 11.7 Å². The summed E-state index contributed by atoms with van der Waals surface area (Å²) in [7, 11) is 0. The highest BCUT2D eigenvalue weighted by Gasteiger charge is 2.30. The minimum Gasteiger partial charge on any atom is -0.298 e. The van der Waals surface area contributed by atoms with E-state index >= 15 is 0 Å². The van der Waals surface area contributed by atoms with Crippen LogP contribution in [0.4, 0.5) is 13.2 Å². The molecule has 0 fully saturated rings. The average molecular weight is 276 g/mol. The third-order valence-corrected chi connectivity index (χ3v) is 3.49. The van der Waals surface area contributed by atoms with Crippen molar-refractivity contribution in [1.82, 2.24) is 0 Å². The lowest BCUT2D eigenvalue weighted by Gasteiger charge is -2.08. The molecule has 0 atom stereocenters. The molecule has 0 unspecified atom stereocenters. The Labute approximate surface area is 109 Å². The molecular formula is C13H15F3OS. The van der Waals surface area contributed by atoms with E-state index in [-0.39, 0.29) is 12.2 Å². The van der Waals surface area contributed by atoms with Crippen LogP contribution in [0.25, 0.3) is 0 Å². The molecule has 5 heteroatoms. The van der Waals surface area contributed by atoms with Crippen LogP contribution in [0.5, 0.6) is 0 Å². The molecule has 0 saturated carbocycles. The maximum atomic E-state index is 12.5. The van der Waals surface area contributed by atoms with Crippen molar-refractivity contribution in [3.8, 4) is 0 Å². The van der Waals surface area contributed by atoms with E-state index in [1.807, 2.05) is 6.92 Å². The van der Waals surface area contributed by atoms with Gasteiger partial charge >= 0.3 is 6.18 Å². The Morgan fingerprint density at radius 1 is 1.33 bits per heavy atom. The molecule has 1 nitrogen and oxygen atoms in total. The third-order valence-electron chi connectivity index (χ3n) is 2.27. The van der Waals surface area contributed by atoms with Crippen LogP contribution in [0.1, 0.15) is 24.5 Å². The van der Waals surface area contributed by atoms with E-state index in [1.54, 1.807) is 6.07 Å². The smallest absolute Gasteiger partial charge is 0.298 e. The summed E-state index contributed by atoms with van der Waals surface area (Å²) >= 11 is 1.52. The van der Waals surface area contributed by atoms with E-state index in [1.165, 1.54) is 17.8 Å². The van der Waals surface area contributed by atoms with Crippen LogP contribution in [0.15, 0.2) is 24.3 Å². The Hall–Kier alpha value is -0.970. The number of alkyl halides is 3. The number of benzene rings is 1. The Bertz CT molecular complexity index is 401. The monoisotopic (exact) mass is 276 g/mol. The van der Waals surface area contributed by atoms with Crippen LogP contribution in [-0.2, 0) is 17.4 Å². The number of carbonyl (C=O) groups is 1. The summed E-state index contributed by atoms with van der Waals surface area (Å²) in [5, 5.41) is 0. The highest BCUT2D eigenvalue weighted by molar-refractivity contribution is 7.99. The normalized spacial score (nSPS) is 11.6. The Balaban J connectivity index is 2.60. The summed E-state index contributed by atoms with van der Waals surface area (Å²) in [6.07, 6.45) is -3.29. The predicted molar refractivity (Wildman–Crippen MR) is 67.8 cm³/mol. The fraction of sp³-hybridized carbons (Fsp3) is 0.462. The molecule has 0 heterocycles. The quantitative estimate of drug-likeness (QED) is 0.732. The van der Waals surface area contributed by atoms with Crippen molar-refractivity contribution in [3.63, 3.8) is 0 Å². The lowest BCUT2D eigenvalue weighted by atomic mass is 10.1. The number of thioether (sulfide) groups is 1. The molecule has 1 aromatic carbocycles. The predicted octanol–water partition coefficient (Wildman–Crippen LogP) is 3.96. The first-order valence-corrected chi connectivity index (χ1v) is 6.84. The van der Waals surface area contributed by atoms with Gasteiger partial charge < -0.3 is 0 Å². The first-order valence-electron chi connectivity index (χ1n) is 5.69. The van der Waals surface area contributed by atoms with Crippen LogP contribution in [0.2, 0.25) is 0 Å². The van der Waals surface area contributed by atoms with Crippen molar-refractivity contribution < 1.29 is 18.0 Å². The molecule has 100 valence electrons. The van der Waals surface area contributed by atoms with Gasteiger partial charge in [0.05, 0.1) is 11.3 Å². The molecule has 0 amide bonds. The fourth-order valence-electron chi connectivity index (χ4n) is 1.47. The zero-order valence-corrected chi connectivity index (χ0v) is 10.9. The minimum atomic E-state index is -4.35. The number of carbonyl (C=O) groups excluding carboxylic acids is 1. The van der Waals surface area contributed by atoms with Gasteiger partial charge in [0, 0.05) is 6.42 Å². The zero-order chi connectivity index (χ0) is 13.6. The van der Waals surface area contributed by atoms with Crippen LogP contribution in [0.3, 0.4) is 0 Å². The fourth-order valence-corrected chi connectivity index (χ4v) is 2.23. The SMILES string of the molecule is CCCSCC(=O)Cc1cccc(C(F)(F)F)c1. The first-order chi connectivity index (χ1) is 8.43. The summed E-state index contributed by atoms with van der Waals surface area (Å²) in [6, 6.07) is 4.95. The Morgan fingerprint density at radius 3 is 2.67 bits per heavy atom. The van der Waals surface area contributed by atoms with Crippen LogP contribution in [0, 0.1) is 0 Å². The lowest BCUT2D eigenvalue weighted by molar-refractivity contribution is -0.137. The van der Waals surface area contributed by atoms with Crippen molar-refractivity contribution in [1.29, 1.82) is 0 Å². The second-order valence-electron chi connectivity index (χ2n) is 3.97. The van der Waals surface area contributed by atoms with Gasteiger partial charge in [-0.2, -0.15) is 24.9 Å². The number of ketones is 1. The van der Waals surface area contributed by atoms with E-state index in [9.17, 15) is 18.0 Å². The molecule has 0 radical (unpaired) electrons. The van der Waals surface area contributed by atoms with Gasteiger partial charge in [0.2, 0.25) is 0 Å². The van der Waals surface area contributed by atoms with Crippen molar-refractivity contribution >= 4 is 17.5 Å². The van der Waals surface area contributed by atoms with E-state index in [4.69, 9.17) is 0 Å². The molecular weight excluding hydrogens is 261 g/mol. The van der Waals surface area contributed by atoms with Gasteiger partial charge in [0.1, 0.15) is 5.78 Å². The molecule has 0 bridgehead atoms. The third kappa shape index (κ3) is 5.12. The average Bonchev–Trinajstić information content (AvgIpc) is 2.28. The highest BCUT2D eigenvalue weighted by atomic mass is 32.2. The van der Waals surface area contributed by atoms with Crippen LogP contribution in [-0.4, -0.2) is 17.3 Å². The van der Waals surface area contributed by atoms with Gasteiger partial charge in [0.25, 0.3) is 0 Å². The zero-order valence-electron chi connectivity index (χ0n) is 10.1. The summed E-state index contributed by atoms with van der Waals surface area (Å²) in [6.45, 7) is 2.02. The van der Waals surface area contributed by atoms with Gasteiger partial charge in [0.15, 0.2) is 0 Å². The second kappa shape index (κ2) is 6.83. The van der Waals surface area contributed by atoms with Crippen LogP contribution >= 0.6 is 11.8 Å². The Morgan fingerprint density at radius 2 is 2.06 bits per heavy atom. The van der Waals surface area contributed by atoms with E-state index in [0.29, 0.717) is 11.3 Å². The molecule has 0 aliphatic carbocycles. The number of Topliss-reactive ketones (excluding diaryl/α,β-unsaturated/α-hetero) is 1. The van der Waals surface area contributed by atoms with Gasteiger partial charge in [-0.1, -0.05) is 25.1 Å². The molecule has 1 rings (SSSR count). The minimum absolute atomic E-state index is 0.0345. The first kappa shape index (κ1) is 15.1. The standard InChI is InChI=1S/C13H15F3OS/c1-2-6-18-9-12(17)8-10-4-3-5-11(7-10)13(14,15)16/h3-5,7H,2,6,8-9H2,1H3. The van der Waals surface area contributed by atoms with Crippen molar-refractivity contribution in [2.24, 2.45) is 0 Å². The topological polar surface area (TPSA) is 17.1 Å².